The number of methoxy groups -OCH3 is 1. The topological polar surface area (TPSA) is 41.6 Å². The van der Waals surface area contributed by atoms with Gasteiger partial charge in [-0.1, -0.05) is 12.1 Å². The third-order valence-electron chi connectivity index (χ3n) is 3.26. The smallest absolute Gasteiger partial charge is 0.222 e. The van der Waals surface area contributed by atoms with Crippen LogP contribution in [0.1, 0.15) is 12.0 Å². The zero-order valence-electron chi connectivity index (χ0n) is 11.2. The molecule has 1 saturated heterocycles. The first kappa shape index (κ1) is 15.8. The van der Waals surface area contributed by atoms with E-state index < -0.39 is 0 Å². The van der Waals surface area contributed by atoms with E-state index in [2.05, 4.69) is 5.32 Å². The lowest BCUT2D eigenvalue weighted by Crippen LogP contribution is -2.46. The molecule has 0 radical (unpaired) electrons. The minimum Gasteiger partial charge on any atom is -0.497 e. The number of halogens is 1. The quantitative estimate of drug-likeness (QED) is 0.911. The van der Waals surface area contributed by atoms with Crippen LogP contribution < -0.4 is 10.1 Å². The second-order valence-corrected chi connectivity index (χ2v) is 4.48. The van der Waals surface area contributed by atoms with Crippen molar-refractivity contribution in [3.63, 3.8) is 0 Å². The number of amides is 1. The van der Waals surface area contributed by atoms with Crippen LogP contribution >= 0.6 is 12.4 Å². The zero-order valence-corrected chi connectivity index (χ0v) is 12.0. The van der Waals surface area contributed by atoms with Crippen molar-refractivity contribution in [3.8, 4) is 5.75 Å². The van der Waals surface area contributed by atoms with Crippen molar-refractivity contribution < 1.29 is 9.53 Å². The second-order valence-electron chi connectivity index (χ2n) is 4.48. The average molecular weight is 285 g/mol. The molecule has 2 rings (SSSR count). The molecule has 1 aliphatic rings. The summed E-state index contributed by atoms with van der Waals surface area (Å²) < 4.78 is 5.11. The summed E-state index contributed by atoms with van der Waals surface area (Å²) in [4.78, 5) is 13.9. The Morgan fingerprint density at radius 3 is 2.47 bits per heavy atom. The molecule has 0 bridgehead atoms. The number of ether oxygens (including phenoxy) is 1. The van der Waals surface area contributed by atoms with Gasteiger partial charge in [-0.2, -0.15) is 0 Å². The van der Waals surface area contributed by atoms with E-state index in [-0.39, 0.29) is 18.3 Å². The van der Waals surface area contributed by atoms with Gasteiger partial charge in [0.15, 0.2) is 0 Å². The zero-order chi connectivity index (χ0) is 12.8. The first-order valence-corrected chi connectivity index (χ1v) is 6.41. The predicted molar refractivity (Wildman–Crippen MR) is 78.0 cm³/mol. The number of hydrogen-bond donors (Lipinski definition) is 1. The molecule has 1 aromatic rings. The van der Waals surface area contributed by atoms with Crippen molar-refractivity contribution >= 4 is 18.3 Å². The Bertz CT molecular complexity index is 389. The molecule has 0 saturated carbocycles. The van der Waals surface area contributed by atoms with E-state index in [0.29, 0.717) is 6.42 Å². The van der Waals surface area contributed by atoms with Crippen molar-refractivity contribution in [2.45, 2.75) is 12.8 Å². The maximum atomic E-state index is 12.0. The molecule has 0 unspecified atom stereocenters. The molecule has 5 heteroatoms. The molecule has 4 nitrogen and oxygen atoms in total. The molecule has 1 fully saturated rings. The van der Waals surface area contributed by atoms with E-state index in [9.17, 15) is 4.79 Å². The van der Waals surface area contributed by atoms with Gasteiger partial charge in [0.1, 0.15) is 5.75 Å². The van der Waals surface area contributed by atoms with Gasteiger partial charge in [-0.3, -0.25) is 4.79 Å². The Morgan fingerprint density at radius 1 is 1.26 bits per heavy atom. The predicted octanol–water partition coefficient (Wildman–Crippen LogP) is 1.48. The molecule has 1 aromatic carbocycles. The van der Waals surface area contributed by atoms with E-state index in [1.54, 1.807) is 7.11 Å². The summed E-state index contributed by atoms with van der Waals surface area (Å²) in [5, 5.41) is 3.25. The lowest BCUT2D eigenvalue weighted by molar-refractivity contribution is -0.131. The summed E-state index contributed by atoms with van der Waals surface area (Å²) in [6.07, 6.45) is 1.39. The molecule has 19 heavy (non-hydrogen) atoms. The molecule has 0 atom stereocenters. The van der Waals surface area contributed by atoms with E-state index in [4.69, 9.17) is 4.74 Å². The molecule has 0 spiro atoms. The van der Waals surface area contributed by atoms with Crippen LogP contribution in [0.2, 0.25) is 0 Å². The number of carbonyl (C=O) groups excluding carboxylic acids is 1. The Morgan fingerprint density at radius 2 is 1.89 bits per heavy atom. The highest BCUT2D eigenvalue weighted by Crippen LogP contribution is 2.13. The fourth-order valence-electron chi connectivity index (χ4n) is 2.12. The van der Waals surface area contributed by atoms with Crippen molar-refractivity contribution in [3.05, 3.63) is 29.8 Å². The summed E-state index contributed by atoms with van der Waals surface area (Å²) in [6, 6.07) is 7.91. The Balaban J connectivity index is 0.00000180. The molecule has 1 heterocycles. The lowest BCUT2D eigenvalue weighted by Gasteiger charge is -2.27. The van der Waals surface area contributed by atoms with Crippen LogP contribution in [-0.4, -0.2) is 44.1 Å². The van der Waals surface area contributed by atoms with Gasteiger partial charge in [-0.15, -0.1) is 12.4 Å². The van der Waals surface area contributed by atoms with Gasteiger partial charge >= 0.3 is 0 Å². The number of rotatable bonds is 4. The van der Waals surface area contributed by atoms with Crippen LogP contribution in [0.15, 0.2) is 24.3 Å². The monoisotopic (exact) mass is 284 g/mol. The number of carbonyl (C=O) groups is 1. The van der Waals surface area contributed by atoms with E-state index in [1.807, 2.05) is 29.2 Å². The normalized spacial score (nSPS) is 14.7. The van der Waals surface area contributed by atoms with Crippen molar-refractivity contribution in [1.29, 1.82) is 0 Å². The number of aryl methyl sites for hydroxylation is 1. The fraction of sp³-hybridized carbons (Fsp3) is 0.500. The molecule has 1 N–H and O–H groups in total. The van der Waals surface area contributed by atoms with Crippen LogP contribution in [0, 0.1) is 0 Å². The Kier molecular flexibility index (Phi) is 6.67. The number of hydrogen-bond acceptors (Lipinski definition) is 3. The Hall–Kier alpha value is -1.26. The van der Waals surface area contributed by atoms with Gasteiger partial charge in [-0.05, 0) is 24.1 Å². The van der Waals surface area contributed by atoms with Crippen LogP contribution in [0.3, 0.4) is 0 Å². The maximum Gasteiger partial charge on any atom is 0.222 e. The van der Waals surface area contributed by atoms with Gasteiger partial charge in [0.25, 0.3) is 0 Å². The third kappa shape index (κ3) is 4.73. The molecule has 0 aromatic heterocycles. The van der Waals surface area contributed by atoms with E-state index in [1.165, 1.54) is 5.56 Å². The van der Waals surface area contributed by atoms with Crippen molar-refractivity contribution in [2.75, 3.05) is 33.3 Å². The average Bonchev–Trinajstić information content (AvgIpc) is 2.46. The third-order valence-corrected chi connectivity index (χ3v) is 3.26. The number of piperazine rings is 1. The second kappa shape index (κ2) is 8.02. The van der Waals surface area contributed by atoms with Crippen molar-refractivity contribution in [1.82, 2.24) is 10.2 Å². The molecule has 0 aliphatic carbocycles. The largest absolute Gasteiger partial charge is 0.497 e. The first-order chi connectivity index (χ1) is 8.79. The van der Waals surface area contributed by atoms with Gasteiger partial charge in [0, 0.05) is 32.6 Å². The minimum atomic E-state index is 0. The standard InChI is InChI=1S/C14H20N2O2.ClH/c1-18-13-5-2-12(3-6-13)4-7-14(17)16-10-8-15-9-11-16;/h2-3,5-6,15H,4,7-11H2,1H3;1H. The summed E-state index contributed by atoms with van der Waals surface area (Å²) in [6.45, 7) is 3.49. The molecule has 1 aliphatic heterocycles. The van der Waals surface area contributed by atoms with Crippen LogP contribution in [0.4, 0.5) is 0 Å². The highest BCUT2D eigenvalue weighted by molar-refractivity contribution is 5.85. The SMILES string of the molecule is COc1ccc(CCC(=O)N2CCNCC2)cc1.Cl. The Labute approximate surface area is 120 Å². The van der Waals surface area contributed by atoms with Gasteiger partial charge in [-0.25, -0.2) is 0 Å². The van der Waals surface area contributed by atoms with Crippen LogP contribution in [0.5, 0.6) is 5.75 Å². The number of benzene rings is 1. The molecular formula is C14H21ClN2O2. The highest BCUT2D eigenvalue weighted by atomic mass is 35.5. The number of nitrogens with one attached hydrogen (secondary N) is 1. The summed E-state index contributed by atoms with van der Waals surface area (Å²) in [5.41, 5.74) is 1.18. The molecule has 106 valence electrons. The number of nitrogens with zero attached hydrogens (tertiary/aromatic N) is 1. The van der Waals surface area contributed by atoms with E-state index >= 15 is 0 Å². The van der Waals surface area contributed by atoms with Crippen LogP contribution in [0.25, 0.3) is 0 Å². The summed E-state index contributed by atoms with van der Waals surface area (Å²) in [5.74, 6) is 1.11. The van der Waals surface area contributed by atoms with Crippen LogP contribution in [-0.2, 0) is 11.2 Å². The van der Waals surface area contributed by atoms with Gasteiger partial charge in [0.2, 0.25) is 5.91 Å². The molecular weight excluding hydrogens is 264 g/mol. The van der Waals surface area contributed by atoms with Gasteiger partial charge < -0.3 is 15.0 Å². The van der Waals surface area contributed by atoms with Crippen molar-refractivity contribution in [2.24, 2.45) is 0 Å². The lowest BCUT2D eigenvalue weighted by atomic mass is 10.1. The van der Waals surface area contributed by atoms with Gasteiger partial charge in [0.05, 0.1) is 7.11 Å². The molecule has 1 amide bonds. The fourth-order valence-corrected chi connectivity index (χ4v) is 2.12. The highest BCUT2D eigenvalue weighted by Gasteiger charge is 2.15. The van der Waals surface area contributed by atoms with E-state index in [0.717, 1.165) is 38.3 Å². The maximum absolute atomic E-state index is 12.0. The summed E-state index contributed by atoms with van der Waals surface area (Å²) in [7, 11) is 1.66. The minimum absolute atomic E-state index is 0. The summed E-state index contributed by atoms with van der Waals surface area (Å²) >= 11 is 0. The first-order valence-electron chi connectivity index (χ1n) is 6.41.